The van der Waals surface area contributed by atoms with Crippen molar-refractivity contribution in [1.82, 2.24) is 15.1 Å². The van der Waals surface area contributed by atoms with Crippen molar-refractivity contribution in [3.05, 3.63) is 35.9 Å². The fraction of sp³-hybridized carbons (Fsp3) is 0.471. The Kier molecular flexibility index (Phi) is 5.01. The molecular weight excluding hydrogens is 342 g/mol. The lowest BCUT2D eigenvalue weighted by Crippen LogP contribution is -2.49. The van der Waals surface area contributed by atoms with E-state index in [9.17, 15) is 14.4 Å². The quantitative estimate of drug-likeness (QED) is 0.635. The molecule has 3 amide bonds. The first kappa shape index (κ1) is 17.8. The van der Waals surface area contributed by atoms with Gasteiger partial charge in [0.15, 0.2) is 0 Å². The lowest BCUT2D eigenvalue weighted by molar-refractivity contribution is -0.140. The van der Waals surface area contributed by atoms with E-state index in [-0.39, 0.29) is 23.8 Å². The van der Waals surface area contributed by atoms with Gasteiger partial charge in [-0.1, -0.05) is 30.3 Å². The average Bonchev–Trinajstić information content (AvgIpc) is 2.86. The zero-order valence-electron chi connectivity index (χ0n) is 14.2. The van der Waals surface area contributed by atoms with Crippen LogP contribution in [0.3, 0.4) is 0 Å². The van der Waals surface area contributed by atoms with E-state index >= 15 is 0 Å². The molecule has 3 rings (SSSR count). The summed E-state index contributed by atoms with van der Waals surface area (Å²) in [5.74, 6) is 0.192. The number of methoxy groups -OCH3 is 1. The largest absolute Gasteiger partial charge is 0.468 e. The highest BCUT2D eigenvalue weighted by Gasteiger charge is 2.49. The Hall–Kier alpha value is -2.06. The molecule has 0 unspecified atom stereocenters. The molecule has 2 aliphatic heterocycles. The molecule has 134 valence electrons. The van der Waals surface area contributed by atoms with E-state index in [1.54, 1.807) is 6.92 Å². The predicted molar refractivity (Wildman–Crippen MR) is 93.9 cm³/mol. The van der Waals surface area contributed by atoms with Gasteiger partial charge in [0.2, 0.25) is 0 Å². The summed E-state index contributed by atoms with van der Waals surface area (Å²) in [6.07, 6.45) is 0. The maximum Gasteiger partial charge on any atom is 0.326 e. The van der Waals surface area contributed by atoms with Crippen molar-refractivity contribution in [1.29, 1.82) is 0 Å². The molecule has 2 fully saturated rings. The lowest BCUT2D eigenvalue weighted by atomic mass is 9.92. The number of carbonyl (C=O) groups excluding carboxylic acids is 3. The Morgan fingerprint density at radius 2 is 2.08 bits per heavy atom. The number of amides is 3. The van der Waals surface area contributed by atoms with Crippen LogP contribution in [0.2, 0.25) is 0 Å². The molecule has 2 saturated heterocycles. The lowest BCUT2D eigenvalue weighted by Gasteiger charge is -2.33. The van der Waals surface area contributed by atoms with Crippen molar-refractivity contribution < 1.29 is 19.1 Å². The molecule has 2 heterocycles. The first-order chi connectivity index (χ1) is 12.0. The van der Waals surface area contributed by atoms with Gasteiger partial charge < -0.3 is 10.1 Å². The topological polar surface area (TPSA) is 79.0 Å². The van der Waals surface area contributed by atoms with E-state index in [2.05, 4.69) is 5.32 Å². The minimum Gasteiger partial charge on any atom is -0.468 e. The van der Waals surface area contributed by atoms with Crippen molar-refractivity contribution in [2.45, 2.75) is 17.7 Å². The highest BCUT2D eigenvalue weighted by Crippen LogP contribution is 2.29. The molecule has 0 spiro atoms. The number of benzene rings is 1. The molecule has 2 aliphatic rings. The molecule has 0 aromatic heterocycles. The summed E-state index contributed by atoms with van der Waals surface area (Å²) in [7, 11) is 1.37. The minimum atomic E-state index is -1.06. The third-order valence-corrected chi connectivity index (χ3v) is 5.74. The predicted octanol–water partition coefficient (Wildman–Crippen LogP) is 1.00. The van der Waals surface area contributed by atoms with Gasteiger partial charge in [-0.05, 0) is 12.5 Å². The normalized spacial score (nSPS) is 27.3. The second-order valence-corrected chi connectivity index (χ2v) is 7.57. The van der Waals surface area contributed by atoms with E-state index in [4.69, 9.17) is 4.74 Å². The standard InChI is InChI=1S/C17H21N3O4S/c1-17(12-6-4-3-5-7-12)15(22)20(16(23)18-17)11-19-8-9-25-13(10-19)14(21)24-2/h3-7,13H,8-11H2,1-2H3,(H,18,23)/t13-,17+/m0/s1. The maximum absolute atomic E-state index is 12.9. The summed E-state index contributed by atoms with van der Waals surface area (Å²) < 4.78 is 4.79. The summed E-state index contributed by atoms with van der Waals surface area (Å²) >= 11 is 1.54. The maximum atomic E-state index is 12.9. The Bertz CT molecular complexity index is 684. The number of hydrogen-bond donors (Lipinski definition) is 1. The molecule has 1 aromatic carbocycles. The van der Waals surface area contributed by atoms with Gasteiger partial charge in [0.05, 0.1) is 13.8 Å². The van der Waals surface area contributed by atoms with Crippen LogP contribution in [0.4, 0.5) is 4.79 Å². The molecule has 0 aliphatic carbocycles. The molecule has 2 atom stereocenters. The molecule has 25 heavy (non-hydrogen) atoms. The Morgan fingerprint density at radius 3 is 2.76 bits per heavy atom. The third-order valence-electron chi connectivity index (χ3n) is 4.58. The number of esters is 1. The van der Waals surface area contributed by atoms with Crippen LogP contribution in [-0.2, 0) is 19.9 Å². The molecular formula is C17H21N3O4S. The fourth-order valence-corrected chi connectivity index (χ4v) is 4.29. The average molecular weight is 363 g/mol. The Labute approximate surface area is 150 Å². The number of hydrogen-bond acceptors (Lipinski definition) is 6. The van der Waals surface area contributed by atoms with Crippen LogP contribution in [0.5, 0.6) is 0 Å². The smallest absolute Gasteiger partial charge is 0.326 e. The van der Waals surface area contributed by atoms with Crippen molar-refractivity contribution in [3.63, 3.8) is 0 Å². The first-order valence-electron chi connectivity index (χ1n) is 8.07. The zero-order chi connectivity index (χ0) is 18.0. The summed E-state index contributed by atoms with van der Waals surface area (Å²) in [6, 6.07) is 8.78. The number of carbonyl (C=O) groups is 3. The van der Waals surface area contributed by atoms with E-state index in [0.717, 1.165) is 11.3 Å². The number of nitrogens with one attached hydrogen (secondary N) is 1. The minimum absolute atomic E-state index is 0.168. The van der Waals surface area contributed by atoms with Gasteiger partial charge in [-0.3, -0.25) is 14.5 Å². The van der Waals surface area contributed by atoms with Gasteiger partial charge in [-0.25, -0.2) is 9.69 Å². The summed E-state index contributed by atoms with van der Waals surface area (Å²) in [5, 5.41) is 2.50. The van der Waals surface area contributed by atoms with E-state index < -0.39 is 11.6 Å². The Morgan fingerprint density at radius 1 is 1.36 bits per heavy atom. The van der Waals surface area contributed by atoms with Crippen molar-refractivity contribution in [2.24, 2.45) is 0 Å². The second kappa shape index (κ2) is 7.05. The number of thioether (sulfide) groups is 1. The molecule has 7 nitrogen and oxygen atoms in total. The highest BCUT2D eigenvalue weighted by atomic mass is 32.2. The number of imide groups is 1. The third kappa shape index (κ3) is 3.36. The van der Waals surface area contributed by atoms with Crippen LogP contribution in [0.1, 0.15) is 12.5 Å². The van der Waals surface area contributed by atoms with Crippen molar-refractivity contribution in [2.75, 3.05) is 32.6 Å². The molecule has 1 aromatic rings. The van der Waals surface area contributed by atoms with Crippen molar-refractivity contribution in [3.8, 4) is 0 Å². The monoisotopic (exact) mass is 363 g/mol. The van der Waals surface area contributed by atoms with E-state index in [0.29, 0.717) is 13.1 Å². The number of nitrogens with zero attached hydrogens (tertiary/aromatic N) is 2. The van der Waals surface area contributed by atoms with Crippen LogP contribution < -0.4 is 5.32 Å². The van der Waals surface area contributed by atoms with Crippen LogP contribution >= 0.6 is 11.8 Å². The van der Waals surface area contributed by atoms with Gasteiger partial charge >= 0.3 is 12.0 Å². The van der Waals surface area contributed by atoms with Gasteiger partial charge in [-0.2, -0.15) is 0 Å². The van der Waals surface area contributed by atoms with Gasteiger partial charge in [0, 0.05) is 18.8 Å². The van der Waals surface area contributed by atoms with Crippen LogP contribution in [0.15, 0.2) is 30.3 Å². The summed E-state index contributed by atoms with van der Waals surface area (Å²) in [5.41, 5.74) is -0.317. The fourth-order valence-electron chi connectivity index (χ4n) is 3.10. The first-order valence-corrected chi connectivity index (χ1v) is 9.12. The number of urea groups is 1. The molecule has 0 radical (unpaired) electrons. The van der Waals surface area contributed by atoms with Crippen molar-refractivity contribution >= 4 is 29.7 Å². The SMILES string of the molecule is COC(=O)[C@@H]1CN(CN2C(=O)N[C@](C)(c3ccccc3)C2=O)CCS1. The highest BCUT2D eigenvalue weighted by molar-refractivity contribution is 8.00. The van der Waals surface area contributed by atoms with Gasteiger partial charge in [-0.15, -0.1) is 11.8 Å². The van der Waals surface area contributed by atoms with Gasteiger partial charge in [0.1, 0.15) is 10.8 Å². The number of ether oxygens (including phenoxy) is 1. The molecule has 1 N–H and O–H groups in total. The summed E-state index contributed by atoms with van der Waals surface area (Å²) in [4.78, 5) is 40.2. The Balaban J connectivity index is 1.72. The second-order valence-electron chi connectivity index (χ2n) is 6.26. The van der Waals surface area contributed by atoms with Crippen LogP contribution in [0.25, 0.3) is 0 Å². The molecule has 8 heteroatoms. The van der Waals surface area contributed by atoms with E-state index in [1.165, 1.54) is 23.8 Å². The van der Waals surface area contributed by atoms with E-state index in [1.807, 2.05) is 35.2 Å². The van der Waals surface area contributed by atoms with Crippen LogP contribution in [0, 0.1) is 0 Å². The zero-order valence-corrected chi connectivity index (χ0v) is 15.0. The number of rotatable bonds is 4. The molecule has 0 saturated carbocycles. The summed E-state index contributed by atoms with van der Waals surface area (Å²) in [6.45, 7) is 3.04. The molecule has 0 bridgehead atoms. The van der Waals surface area contributed by atoms with Crippen LogP contribution in [-0.4, -0.2) is 65.6 Å². The van der Waals surface area contributed by atoms with Gasteiger partial charge in [0.25, 0.3) is 5.91 Å².